The maximum absolute atomic E-state index is 13.3. The van der Waals surface area contributed by atoms with Crippen molar-refractivity contribution in [1.82, 2.24) is 9.13 Å². The highest BCUT2D eigenvalue weighted by Gasteiger charge is 2.23. The number of benzene rings is 1. The molecule has 0 amide bonds. The van der Waals surface area contributed by atoms with Gasteiger partial charge in [-0.2, -0.15) is 0 Å². The Bertz CT molecular complexity index is 1070. The minimum atomic E-state index is -1.10. The number of carbonyl (C=O) groups is 1. The molecular weight excluding hydrogens is 382 g/mol. The number of aromatic nitrogens is 2. The first-order chi connectivity index (χ1) is 14.5. The Labute approximate surface area is 175 Å². The average Bonchev–Trinajstić information content (AvgIpc) is 3.25. The number of anilines is 1. The van der Waals surface area contributed by atoms with Crippen LogP contribution in [0.3, 0.4) is 0 Å². The minimum absolute atomic E-state index is 0.0469. The summed E-state index contributed by atoms with van der Waals surface area (Å²) in [4.78, 5) is 37.1. The number of hydrogen-bond acceptors (Lipinski definition) is 4. The van der Waals surface area contributed by atoms with Crippen molar-refractivity contribution in [3.8, 4) is 0 Å². The van der Waals surface area contributed by atoms with E-state index in [1.165, 1.54) is 25.3 Å². The first-order valence-corrected chi connectivity index (χ1v) is 11.0. The second-order valence-electron chi connectivity index (χ2n) is 8.46. The van der Waals surface area contributed by atoms with Gasteiger partial charge in [0.2, 0.25) is 0 Å². The molecule has 1 heterocycles. The molecule has 160 valence electrons. The van der Waals surface area contributed by atoms with Gasteiger partial charge in [0.25, 0.3) is 5.56 Å². The third kappa shape index (κ3) is 4.20. The van der Waals surface area contributed by atoms with Gasteiger partial charge in [-0.3, -0.25) is 13.9 Å². The molecule has 4 rings (SSSR count). The van der Waals surface area contributed by atoms with Crippen molar-refractivity contribution in [1.29, 1.82) is 0 Å². The van der Waals surface area contributed by atoms with Gasteiger partial charge >= 0.3 is 11.7 Å². The van der Waals surface area contributed by atoms with Crippen LogP contribution in [0.1, 0.15) is 63.8 Å². The summed E-state index contributed by atoms with van der Waals surface area (Å²) in [7, 11) is 0. The summed E-state index contributed by atoms with van der Waals surface area (Å²) < 4.78 is 2.92. The summed E-state index contributed by atoms with van der Waals surface area (Å²) in [5.41, 5.74) is 0.896. The molecule has 0 aliphatic heterocycles. The highest BCUT2D eigenvalue weighted by Crippen LogP contribution is 2.31. The number of nitrogens with one attached hydrogen (secondary N) is 1. The van der Waals surface area contributed by atoms with E-state index in [0.717, 1.165) is 54.9 Å². The lowest BCUT2D eigenvalue weighted by molar-refractivity contribution is -0.131. The Kier molecular flexibility index (Phi) is 6.06. The van der Waals surface area contributed by atoms with Gasteiger partial charge in [-0.15, -0.1) is 0 Å². The van der Waals surface area contributed by atoms with Crippen molar-refractivity contribution in [2.24, 2.45) is 0 Å². The molecule has 0 saturated heterocycles. The Morgan fingerprint density at radius 2 is 1.77 bits per heavy atom. The van der Waals surface area contributed by atoms with Crippen molar-refractivity contribution < 1.29 is 9.90 Å². The van der Waals surface area contributed by atoms with Crippen LogP contribution in [-0.2, 0) is 11.3 Å². The van der Waals surface area contributed by atoms with Crippen LogP contribution in [0.5, 0.6) is 0 Å². The molecule has 0 unspecified atom stereocenters. The maximum atomic E-state index is 13.3. The lowest BCUT2D eigenvalue weighted by Gasteiger charge is -2.24. The largest absolute Gasteiger partial charge is 0.478 e. The second-order valence-corrected chi connectivity index (χ2v) is 8.46. The van der Waals surface area contributed by atoms with Crippen LogP contribution in [0.2, 0.25) is 0 Å². The SMILES string of the molecule is O=C(O)C=CCn1c(=O)c2ccc(NC3CCCCC3)cc2n(C2CCCC2)c1=O. The zero-order chi connectivity index (χ0) is 21.1. The molecule has 0 bridgehead atoms. The van der Waals surface area contributed by atoms with Crippen LogP contribution in [0, 0.1) is 0 Å². The Balaban J connectivity index is 1.80. The van der Waals surface area contributed by atoms with Gasteiger partial charge in [0, 0.05) is 30.4 Å². The highest BCUT2D eigenvalue weighted by molar-refractivity contribution is 5.82. The molecule has 2 aliphatic rings. The number of carboxylic acid groups (broad SMARTS) is 1. The van der Waals surface area contributed by atoms with Gasteiger partial charge in [0.15, 0.2) is 0 Å². The molecule has 2 fully saturated rings. The van der Waals surface area contributed by atoms with Crippen molar-refractivity contribution in [3.05, 3.63) is 51.2 Å². The molecule has 2 saturated carbocycles. The van der Waals surface area contributed by atoms with Crippen LogP contribution in [0.4, 0.5) is 5.69 Å². The van der Waals surface area contributed by atoms with E-state index in [-0.39, 0.29) is 23.8 Å². The number of aliphatic carboxylic acids is 1. The molecule has 1 aromatic carbocycles. The molecular formula is C23H29N3O4. The summed E-state index contributed by atoms with van der Waals surface area (Å²) in [6, 6.07) is 6.16. The lowest BCUT2D eigenvalue weighted by Crippen LogP contribution is -2.41. The van der Waals surface area contributed by atoms with Crippen molar-refractivity contribution >= 4 is 22.6 Å². The van der Waals surface area contributed by atoms with Gasteiger partial charge in [-0.1, -0.05) is 38.2 Å². The molecule has 2 N–H and O–H groups in total. The van der Waals surface area contributed by atoms with E-state index < -0.39 is 5.97 Å². The fraction of sp³-hybridized carbons (Fsp3) is 0.522. The fourth-order valence-corrected chi connectivity index (χ4v) is 4.88. The topological polar surface area (TPSA) is 93.3 Å². The zero-order valence-corrected chi connectivity index (χ0v) is 17.2. The number of nitrogens with zero attached hydrogens (tertiary/aromatic N) is 2. The maximum Gasteiger partial charge on any atom is 0.332 e. The first-order valence-electron chi connectivity index (χ1n) is 11.0. The molecule has 0 spiro atoms. The van der Waals surface area contributed by atoms with Gasteiger partial charge in [0.05, 0.1) is 10.9 Å². The number of hydrogen-bond donors (Lipinski definition) is 2. The predicted octanol–water partition coefficient (Wildman–Crippen LogP) is 3.66. The molecule has 0 radical (unpaired) electrons. The van der Waals surface area contributed by atoms with E-state index in [1.807, 2.05) is 12.1 Å². The second kappa shape index (κ2) is 8.90. The molecule has 7 nitrogen and oxygen atoms in total. The summed E-state index contributed by atoms with van der Waals surface area (Å²) in [5.74, 6) is -1.10. The highest BCUT2D eigenvalue weighted by atomic mass is 16.4. The monoisotopic (exact) mass is 411 g/mol. The standard InChI is InChI=1S/C23H29N3O4/c27-21(28)11-6-14-25-22(29)19-13-12-17(24-16-7-2-1-3-8-16)15-20(19)26(23(25)30)18-9-4-5-10-18/h6,11-13,15-16,18,24H,1-5,7-10,14H2,(H,27,28). The van der Waals surface area contributed by atoms with Crippen LogP contribution < -0.4 is 16.6 Å². The fourth-order valence-electron chi connectivity index (χ4n) is 4.88. The Hall–Kier alpha value is -2.83. The summed E-state index contributed by atoms with van der Waals surface area (Å²) in [6.45, 7) is -0.0469. The molecule has 30 heavy (non-hydrogen) atoms. The van der Waals surface area contributed by atoms with Gasteiger partial charge in [0.1, 0.15) is 0 Å². The van der Waals surface area contributed by atoms with Crippen molar-refractivity contribution in [2.75, 3.05) is 5.32 Å². The zero-order valence-electron chi connectivity index (χ0n) is 17.2. The van der Waals surface area contributed by atoms with Crippen LogP contribution >= 0.6 is 0 Å². The molecule has 2 aromatic rings. The molecule has 2 aliphatic carbocycles. The minimum Gasteiger partial charge on any atom is -0.478 e. The third-order valence-electron chi connectivity index (χ3n) is 6.38. The normalized spacial score (nSPS) is 18.4. The van der Waals surface area contributed by atoms with E-state index in [1.54, 1.807) is 10.6 Å². The Morgan fingerprint density at radius 1 is 1.07 bits per heavy atom. The van der Waals surface area contributed by atoms with Gasteiger partial charge in [-0.05, 0) is 43.9 Å². The van der Waals surface area contributed by atoms with E-state index in [0.29, 0.717) is 16.9 Å². The molecule has 1 aromatic heterocycles. The van der Waals surface area contributed by atoms with Crippen LogP contribution in [-0.4, -0.2) is 26.3 Å². The average molecular weight is 412 g/mol. The van der Waals surface area contributed by atoms with E-state index in [4.69, 9.17) is 5.11 Å². The van der Waals surface area contributed by atoms with Crippen LogP contribution in [0.15, 0.2) is 39.9 Å². The number of fused-ring (bicyclic) bond motifs is 1. The molecule has 7 heteroatoms. The van der Waals surface area contributed by atoms with Gasteiger partial charge < -0.3 is 10.4 Å². The van der Waals surface area contributed by atoms with Crippen molar-refractivity contribution in [3.63, 3.8) is 0 Å². The first kappa shape index (κ1) is 20.4. The summed E-state index contributed by atoms with van der Waals surface area (Å²) >= 11 is 0. The molecule has 0 atom stereocenters. The van der Waals surface area contributed by atoms with Crippen molar-refractivity contribution in [2.45, 2.75) is 76.4 Å². The third-order valence-corrected chi connectivity index (χ3v) is 6.38. The van der Waals surface area contributed by atoms with E-state index >= 15 is 0 Å². The number of rotatable bonds is 6. The van der Waals surface area contributed by atoms with E-state index in [2.05, 4.69) is 5.32 Å². The smallest absolute Gasteiger partial charge is 0.332 e. The van der Waals surface area contributed by atoms with Crippen LogP contribution in [0.25, 0.3) is 10.9 Å². The lowest BCUT2D eigenvalue weighted by atomic mass is 9.95. The Morgan fingerprint density at radius 3 is 2.47 bits per heavy atom. The summed E-state index contributed by atoms with van der Waals surface area (Å²) in [6.07, 6.45) is 12.3. The van der Waals surface area contributed by atoms with E-state index in [9.17, 15) is 14.4 Å². The quantitative estimate of drug-likeness (QED) is 0.708. The number of carboxylic acids is 1. The predicted molar refractivity (Wildman–Crippen MR) is 117 cm³/mol. The van der Waals surface area contributed by atoms with Gasteiger partial charge in [-0.25, -0.2) is 9.59 Å². The number of allylic oxidation sites excluding steroid dienone is 1. The summed E-state index contributed by atoms with van der Waals surface area (Å²) in [5, 5.41) is 12.9.